The van der Waals surface area contributed by atoms with Crippen molar-refractivity contribution >= 4 is 0 Å². The fourth-order valence-electron chi connectivity index (χ4n) is 4.18. The van der Waals surface area contributed by atoms with E-state index in [-0.39, 0.29) is 0 Å². The highest BCUT2D eigenvalue weighted by molar-refractivity contribution is 5.85. The molecule has 168 valence electrons. The molecule has 0 atom stereocenters. The summed E-state index contributed by atoms with van der Waals surface area (Å²) in [5.74, 6) is 0. The third-order valence-electron chi connectivity index (χ3n) is 5.80. The molecule has 2 heterocycles. The SMILES string of the molecule is FC(F)(F)c1ccc(Cc2c(-c3ccccn3)c(-c3ccccc3)cn2-c2ccccc2)cc1. The summed E-state index contributed by atoms with van der Waals surface area (Å²) in [5.41, 5.74) is 5.93. The van der Waals surface area contributed by atoms with Crippen molar-refractivity contribution in [3.63, 3.8) is 0 Å². The first-order valence-corrected chi connectivity index (χ1v) is 10.9. The maximum Gasteiger partial charge on any atom is 0.416 e. The number of halogens is 3. The zero-order valence-electron chi connectivity index (χ0n) is 18.2. The molecule has 0 radical (unpaired) electrons. The molecule has 2 aromatic heterocycles. The van der Waals surface area contributed by atoms with Gasteiger partial charge in [0.25, 0.3) is 0 Å². The quantitative estimate of drug-likeness (QED) is 0.265. The van der Waals surface area contributed by atoms with E-state index in [1.165, 1.54) is 0 Å². The number of aromatic nitrogens is 2. The fourth-order valence-corrected chi connectivity index (χ4v) is 4.18. The molecule has 0 aliphatic carbocycles. The Morgan fingerprint density at radius 3 is 1.97 bits per heavy atom. The normalized spacial score (nSPS) is 11.5. The lowest BCUT2D eigenvalue weighted by molar-refractivity contribution is -0.137. The Labute approximate surface area is 196 Å². The molecule has 2 nitrogen and oxygen atoms in total. The number of hydrogen-bond donors (Lipinski definition) is 0. The van der Waals surface area contributed by atoms with Crippen LogP contribution in [0.2, 0.25) is 0 Å². The molecule has 3 aromatic carbocycles. The molecule has 34 heavy (non-hydrogen) atoms. The minimum atomic E-state index is -4.36. The highest BCUT2D eigenvalue weighted by Gasteiger charge is 2.30. The summed E-state index contributed by atoms with van der Waals surface area (Å²) in [6.07, 6.45) is -0.0614. The van der Waals surface area contributed by atoms with Gasteiger partial charge in [-0.3, -0.25) is 4.98 Å². The summed E-state index contributed by atoms with van der Waals surface area (Å²) in [7, 11) is 0. The highest BCUT2D eigenvalue weighted by atomic mass is 19.4. The van der Waals surface area contributed by atoms with E-state index in [1.54, 1.807) is 18.3 Å². The molecule has 0 N–H and O–H groups in total. The lowest BCUT2D eigenvalue weighted by atomic mass is 9.97. The monoisotopic (exact) mass is 454 g/mol. The van der Waals surface area contributed by atoms with Crippen molar-refractivity contribution in [2.24, 2.45) is 0 Å². The number of rotatable bonds is 5. The molecule has 0 aliphatic rings. The smallest absolute Gasteiger partial charge is 0.319 e. The summed E-state index contributed by atoms with van der Waals surface area (Å²) < 4.78 is 41.4. The fraction of sp³-hybridized carbons (Fsp3) is 0.0690. The second kappa shape index (κ2) is 9.02. The van der Waals surface area contributed by atoms with Gasteiger partial charge in [0.2, 0.25) is 0 Å². The molecule has 5 aromatic rings. The van der Waals surface area contributed by atoms with Crippen LogP contribution in [0.1, 0.15) is 16.8 Å². The predicted molar refractivity (Wildman–Crippen MR) is 129 cm³/mol. The number of hydrogen-bond acceptors (Lipinski definition) is 1. The molecule has 0 amide bonds. The first kappa shape index (κ1) is 21.7. The Morgan fingerprint density at radius 2 is 1.35 bits per heavy atom. The van der Waals surface area contributed by atoms with E-state index < -0.39 is 11.7 Å². The Hall–Kier alpha value is -4.12. The molecule has 0 spiro atoms. The van der Waals surface area contributed by atoms with Crippen molar-refractivity contribution in [2.45, 2.75) is 12.6 Å². The molecule has 0 aliphatic heterocycles. The van der Waals surface area contributed by atoms with Crippen LogP contribution in [0.25, 0.3) is 28.1 Å². The van der Waals surface area contributed by atoms with Crippen molar-refractivity contribution in [3.05, 3.63) is 132 Å². The number of pyridine rings is 1. The maximum atomic E-state index is 13.1. The van der Waals surface area contributed by atoms with Crippen molar-refractivity contribution in [2.75, 3.05) is 0 Å². The molecular weight excluding hydrogens is 433 g/mol. The maximum absolute atomic E-state index is 13.1. The zero-order chi connectivity index (χ0) is 23.5. The van der Waals surface area contributed by atoms with Crippen molar-refractivity contribution in [3.8, 4) is 28.1 Å². The molecule has 0 bridgehead atoms. The standard InChI is InChI=1S/C29H21F3N2/c30-29(31,32)23-16-14-21(15-17-23)19-27-28(26-13-7-8-18-33-26)25(22-9-3-1-4-10-22)20-34(27)24-11-5-2-6-12-24/h1-18,20H,19H2. The average Bonchev–Trinajstić information content (AvgIpc) is 3.24. The van der Waals surface area contributed by atoms with Gasteiger partial charge in [-0.15, -0.1) is 0 Å². The minimum Gasteiger partial charge on any atom is -0.319 e. The van der Waals surface area contributed by atoms with Gasteiger partial charge in [-0.1, -0.05) is 66.7 Å². The average molecular weight is 454 g/mol. The Kier molecular flexibility index (Phi) is 5.76. The topological polar surface area (TPSA) is 17.8 Å². The first-order valence-electron chi connectivity index (χ1n) is 10.9. The number of alkyl halides is 3. The molecular formula is C29H21F3N2. The van der Waals surface area contributed by atoms with Gasteiger partial charge in [0.1, 0.15) is 0 Å². The Balaban J connectivity index is 1.72. The van der Waals surface area contributed by atoms with Crippen molar-refractivity contribution < 1.29 is 13.2 Å². The summed E-state index contributed by atoms with van der Waals surface area (Å²) in [4.78, 5) is 4.63. The first-order chi connectivity index (χ1) is 16.5. The van der Waals surface area contributed by atoms with Crippen LogP contribution in [-0.2, 0) is 12.6 Å². The number of benzene rings is 3. The molecule has 5 heteroatoms. The summed E-state index contributed by atoms with van der Waals surface area (Å²) in [6, 6.07) is 31.2. The number of nitrogens with zero attached hydrogens (tertiary/aromatic N) is 2. The van der Waals surface area contributed by atoms with Crippen LogP contribution < -0.4 is 0 Å². The highest BCUT2D eigenvalue weighted by Crippen LogP contribution is 2.38. The van der Waals surface area contributed by atoms with E-state index in [9.17, 15) is 13.2 Å². The van der Waals surface area contributed by atoms with Crippen LogP contribution >= 0.6 is 0 Å². The summed E-state index contributed by atoms with van der Waals surface area (Å²) in [5, 5.41) is 0. The van der Waals surface area contributed by atoms with Gasteiger partial charge in [0.15, 0.2) is 0 Å². The molecule has 0 saturated carbocycles. The lowest BCUT2D eigenvalue weighted by Crippen LogP contribution is -2.05. The Bertz CT molecular complexity index is 1370. The van der Waals surface area contributed by atoms with Crippen molar-refractivity contribution in [1.82, 2.24) is 9.55 Å². The van der Waals surface area contributed by atoms with Gasteiger partial charge in [-0.25, -0.2) is 0 Å². The van der Waals surface area contributed by atoms with Gasteiger partial charge in [-0.05, 0) is 47.5 Å². The second-order valence-electron chi connectivity index (χ2n) is 8.02. The van der Waals surface area contributed by atoms with E-state index in [0.29, 0.717) is 6.42 Å². The van der Waals surface area contributed by atoms with Gasteiger partial charge < -0.3 is 4.57 Å². The molecule has 0 fully saturated rings. The zero-order valence-corrected chi connectivity index (χ0v) is 18.2. The third-order valence-corrected chi connectivity index (χ3v) is 5.80. The van der Waals surface area contributed by atoms with Crippen LogP contribution in [0.5, 0.6) is 0 Å². The third kappa shape index (κ3) is 4.37. The summed E-state index contributed by atoms with van der Waals surface area (Å²) >= 11 is 0. The van der Waals surface area contributed by atoms with E-state index >= 15 is 0 Å². The largest absolute Gasteiger partial charge is 0.416 e. The van der Waals surface area contributed by atoms with E-state index in [4.69, 9.17) is 0 Å². The van der Waals surface area contributed by atoms with E-state index in [1.807, 2.05) is 66.7 Å². The molecule has 0 saturated heterocycles. The van der Waals surface area contributed by atoms with Gasteiger partial charge in [0, 0.05) is 41.3 Å². The molecule has 0 unspecified atom stereocenters. The van der Waals surface area contributed by atoms with Crippen LogP contribution in [-0.4, -0.2) is 9.55 Å². The van der Waals surface area contributed by atoms with Crippen LogP contribution in [0, 0.1) is 0 Å². The van der Waals surface area contributed by atoms with Crippen molar-refractivity contribution in [1.29, 1.82) is 0 Å². The minimum absolute atomic E-state index is 0.450. The van der Waals surface area contributed by atoms with Crippen LogP contribution in [0.4, 0.5) is 13.2 Å². The van der Waals surface area contributed by atoms with Crippen LogP contribution in [0.15, 0.2) is 116 Å². The molecule has 5 rings (SSSR count). The van der Waals surface area contributed by atoms with Crippen LogP contribution in [0.3, 0.4) is 0 Å². The number of para-hydroxylation sites is 1. The predicted octanol–water partition coefficient (Wildman–Crippen LogP) is 7.82. The van der Waals surface area contributed by atoms with Gasteiger partial charge in [-0.2, -0.15) is 13.2 Å². The van der Waals surface area contributed by atoms with E-state index in [2.05, 4.69) is 27.9 Å². The summed E-state index contributed by atoms with van der Waals surface area (Å²) in [6.45, 7) is 0. The Morgan fingerprint density at radius 1 is 0.706 bits per heavy atom. The van der Waals surface area contributed by atoms with E-state index in [0.717, 1.165) is 51.5 Å². The van der Waals surface area contributed by atoms with Gasteiger partial charge in [0.05, 0.1) is 11.3 Å². The second-order valence-corrected chi connectivity index (χ2v) is 8.02. The lowest BCUT2D eigenvalue weighted by Gasteiger charge is -2.13. The van der Waals surface area contributed by atoms with Gasteiger partial charge >= 0.3 is 6.18 Å².